The second-order valence-corrected chi connectivity index (χ2v) is 10.3. The van der Waals surface area contributed by atoms with Crippen molar-refractivity contribution in [1.29, 1.82) is 0 Å². The van der Waals surface area contributed by atoms with E-state index in [1.165, 1.54) is 24.2 Å². The van der Waals surface area contributed by atoms with Gasteiger partial charge in [-0.05, 0) is 43.2 Å². The van der Waals surface area contributed by atoms with Gasteiger partial charge in [0.2, 0.25) is 10.0 Å². The lowest BCUT2D eigenvalue weighted by molar-refractivity contribution is 0.345. The van der Waals surface area contributed by atoms with E-state index in [2.05, 4.69) is 30.8 Å². The molecular formula is C15H24N2O2S2. The monoisotopic (exact) mass is 328 g/mol. The van der Waals surface area contributed by atoms with Crippen molar-refractivity contribution in [2.24, 2.45) is 0 Å². The number of fused-ring (bicyclic) bond motifs is 2. The molecule has 2 N–H and O–H groups in total. The van der Waals surface area contributed by atoms with Crippen molar-refractivity contribution in [2.45, 2.75) is 74.2 Å². The summed E-state index contributed by atoms with van der Waals surface area (Å²) in [6.45, 7) is 6.31. The smallest absolute Gasteiger partial charge is 0.250 e. The van der Waals surface area contributed by atoms with Gasteiger partial charge in [-0.3, -0.25) is 0 Å². The van der Waals surface area contributed by atoms with Gasteiger partial charge in [0.05, 0.1) is 0 Å². The van der Waals surface area contributed by atoms with E-state index in [1.807, 2.05) is 6.07 Å². The first-order chi connectivity index (χ1) is 9.74. The summed E-state index contributed by atoms with van der Waals surface area (Å²) in [4.78, 5) is 1.10. The van der Waals surface area contributed by atoms with Gasteiger partial charge in [-0.25, -0.2) is 13.1 Å². The molecule has 2 aliphatic rings. The van der Waals surface area contributed by atoms with Crippen molar-refractivity contribution in [1.82, 2.24) is 10.0 Å². The third kappa shape index (κ3) is 3.33. The molecule has 0 spiro atoms. The normalized spacial score (nSPS) is 29.8. The highest BCUT2D eigenvalue weighted by atomic mass is 32.2. The van der Waals surface area contributed by atoms with Crippen LogP contribution in [0.1, 0.15) is 51.3 Å². The number of piperidine rings is 1. The van der Waals surface area contributed by atoms with Crippen molar-refractivity contribution in [3.05, 3.63) is 17.0 Å². The summed E-state index contributed by atoms with van der Waals surface area (Å²) in [5, 5.41) is 3.54. The van der Waals surface area contributed by atoms with Gasteiger partial charge in [0, 0.05) is 23.0 Å². The van der Waals surface area contributed by atoms with Crippen LogP contribution in [0.25, 0.3) is 0 Å². The number of hydrogen-bond donors (Lipinski definition) is 2. The Morgan fingerprint density at radius 2 is 1.81 bits per heavy atom. The molecule has 3 heterocycles. The van der Waals surface area contributed by atoms with Gasteiger partial charge in [-0.2, -0.15) is 0 Å². The summed E-state index contributed by atoms with van der Waals surface area (Å²) >= 11 is 1.39. The minimum absolute atomic E-state index is 0.00764. The Kier molecular flexibility index (Phi) is 3.93. The molecule has 21 heavy (non-hydrogen) atoms. The zero-order valence-corrected chi connectivity index (χ0v) is 14.5. The van der Waals surface area contributed by atoms with E-state index < -0.39 is 10.0 Å². The van der Waals surface area contributed by atoms with Crippen LogP contribution >= 0.6 is 11.3 Å². The molecular weight excluding hydrogens is 304 g/mol. The van der Waals surface area contributed by atoms with Crippen LogP contribution in [0.2, 0.25) is 0 Å². The summed E-state index contributed by atoms with van der Waals surface area (Å²) in [7, 11) is -3.38. The first kappa shape index (κ1) is 15.5. The lowest BCUT2D eigenvalue weighted by Crippen LogP contribution is -2.47. The number of nitrogens with one attached hydrogen (secondary N) is 2. The lowest BCUT2D eigenvalue weighted by Gasteiger charge is -2.29. The maximum Gasteiger partial charge on any atom is 0.250 e. The van der Waals surface area contributed by atoms with Gasteiger partial charge >= 0.3 is 0 Å². The van der Waals surface area contributed by atoms with Crippen molar-refractivity contribution >= 4 is 21.4 Å². The van der Waals surface area contributed by atoms with Crippen molar-refractivity contribution < 1.29 is 8.42 Å². The molecule has 6 heteroatoms. The van der Waals surface area contributed by atoms with Crippen LogP contribution in [0.4, 0.5) is 0 Å². The Bertz CT molecular complexity index is 604. The molecule has 4 nitrogen and oxygen atoms in total. The first-order valence-electron chi connectivity index (χ1n) is 7.63. The standard InChI is InChI=1S/C15H24N2O2S2/c1-15(2,3)13-6-7-14(20-13)21(18,19)17-12-8-10-4-5-11(9-12)16-10/h6-7,10-12,16-17H,4-5,8-9H2,1-3H3. The Hall–Kier alpha value is -0.430. The van der Waals surface area contributed by atoms with E-state index in [4.69, 9.17) is 0 Å². The number of hydrogen-bond acceptors (Lipinski definition) is 4. The van der Waals surface area contributed by atoms with Crippen LogP contribution < -0.4 is 10.0 Å². The second kappa shape index (κ2) is 5.33. The van der Waals surface area contributed by atoms with Crippen LogP contribution in [0, 0.1) is 0 Å². The predicted molar refractivity (Wildman–Crippen MR) is 86.3 cm³/mol. The topological polar surface area (TPSA) is 58.2 Å². The summed E-state index contributed by atoms with van der Waals surface area (Å²) < 4.78 is 28.5. The van der Waals surface area contributed by atoms with Crippen LogP contribution in [0.3, 0.4) is 0 Å². The number of sulfonamides is 1. The fourth-order valence-electron chi connectivity index (χ4n) is 3.30. The Labute approximate surface area is 131 Å². The predicted octanol–water partition coefficient (Wildman–Crippen LogP) is 2.61. The van der Waals surface area contributed by atoms with Crippen LogP contribution in [-0.2, 0) is 15.4 Å². The fourth-order valence-corrected chi connectivity index (χ4v) is 5.94. The highest BCUT2D eigenvalue weighted by molar-refractivity contribution is 7.91. The molecule has 1 aromatic heterocycles. The lowest BCUT2D eigenvalue weighted by atomic mass is 9.95. The van der Waals surface area contributed by atoms with E-state index in [0.29, 0.717) is 16.3 Å². The largest absolute Gasteiger partial charge is 0.311 e. The molecule has 0 aliphatic carbocycles. The summed E-state index contributed by atoms with van der Waals surface area (Å²) in [6, 6.07) is 4.73. The second-order valence-electron chi connectivity index (χ2n) is 7.30. The number of rotatable bonds is 3. The molecule has 118 valence electrons. The maximum atomic E-state index is 12.6. The van der Waals surface area contributed by atoms with Gasteiger partial charge in [-0.15, -0.1) is 11.3 Å². The molecule has 2 unspecified atom stereocenters. The van der Waals surface area contributed by atoms with E-state index in [-0.39, 0.29) is 11.5 Å². The van der Waals surface area contributed by atoms with E-state index in [0.717, 1.165) is 17.7 Å². The zero-order chi connectivity index (χ0) is 15.3. The number of thiophene rings is 1. The minimum atomic E-state index is -3.38. The van der Waals surface area contributed by atoms with Crippen LogP contribution in [0.5, 0.6) is 0 Å². The van der Waals surface area contributed by atoms with E-state index in [9.17, 15) is 8.42 Å². The Morgan fingerprint density at radius 1 is 1.19 bits per heavy atom. The van der Waals surface area contributed by atoms with E-state index in [1.54, 1.807) is 6.07 Å². The molecule has 0 amide bonds. The zero-order valence-electron chi connectivity index (χ0n) is 12.8. The molecule has 2 saturated heterocycles. The maximum absolute atomic E-state index is 12.6. The SMILES string of the molecule is CC(C)(C)c1ccc(S(=O)(=O)NC2CC3CCC(C2)N3)s1. The Morgan fingerprint density at radius 3 is 2.33 bits per heavy atom. The van der Waals surface area contributed by atoms with Gasteiger partial charge in [0.15, 0.2) is 0 Å². The quantitative estimate of drug-likeness (QED) is 0.897. The molecule has 2 bridgehead atoms. The minimum Gasteiger partial charge on any atom is -0.311 e. The first-order valence-corrected chi connectivity index (χ1v) is 9.93. The highest BCUT2D eigenvalue weighted by Gasteiger charge is 2.35. The van der Waals surface area contributed by atoms with Gasteiger partial charge in [-0.1, -0.05) is 20.8 Å². The molecule has 2 aliphatic heterocycles. The average molecular weight is 329 g/mol. The molecule has 2 atom stereocenters. The molecule has 0 aromatic carbocycles. The average Bonchev–Trinajstić information content (AvgIpc) is 2.95. The van der Waals surface area contributed by atoms with Gasteiger partial charge in [0.1, 0.15) is 4.21 Å². The third-order valence-corrected chi connectivity index (χ3v) is 7.90. The van der Waals surface area contributed by atoms with Gasteiger partial charge < -0.3 is 5.32 Å². The van der Waals surface area contributed by atoms with Crippen molar-refractivity contribution in [2.75, 3.05) is 0 Å². The molecule has 0 saturated carbocycles. The molecule has 0 radical (unpaired) electrons. The third-order valence-electron chi connectivity index (χ3n) is 4.38. The van der Waals surface area contributed by atoms with Crippen LogP contribution in [0.15, 0.2) is 16.3 Å². The van der Waals surface area contributed by atoms with Gasteiger partial charge in [0.25, 0.3) is 0 Å². The van der Waals surface area contributed by atoms with Crippen molar-refractivity contribution in [3.63, 3.8) is 0 Å². The highest BCUT2D eigenvalue weighted by Crippen LogP contribution is 2.33. The summed E-state index contributed by atoms with van der Waals surface area (Å²) in [5.41, 5.74) is -0.00764. The van der Waals surface area contributed by atoms with E-state index >= 15 is 0 Å². The summed E-state index contributed by atoms with van der Waals surface area (Å²) in [5.74, 6) is 0. The molecule has 3 rings (SSSR count). The fraction of sp³-hybridized carbons (Fsp3) is 0.733. The summed E-state index contributed by atoms with van der Waals surface area (Å²) in [6.07, 6.45) is 4.17. The van der Waals surface area contributed by atoms with Crippen LogP contribution in [-0.4, -0.2) is 26.5 Å². The Balaban J connectivity index is 1.73. The molecule has 1 aromatic rings. The molecule has 2 fully saturated rings. The van der Waals surface area contributed by atoms with Crippen molar-refractivity contribution in [3.8, 4) is 0 Å².